The fraction of sp³-hybridized carbons (Fsp3) is 0.200. The molecule has 0 unspecified atom stereocenters. The third-order valence-corrected chi connectivity index (χ3v) is 0.303. The van der Waals surface area contributed by atoms with Crippen LogP contribution in [0, 0.1) is 23.8 Å². The lowest BCUT2D eigenvalue weighted by Gasteiger charge is -1.80. The van der Waals surface area contributed by atoms with Crippen molar-refractivity contribution in [1.29, 1.82) is 5.26 Å². The average Bonchev–Trinajstić information content (AvgIpc) is 1.88. The van der Waals surface area contributed by atoms with E-state index in [1.807, 2.05) is 0 Å². The zero-order chi connectivity index (χ0) is 7.70. The van der Waals surface area contributed by atoms with Crippen LogP contribution in [0.15, 0.2) is 0 Å². The van der Waals surface area contributed by atoms with Crippen molar-refractivity contribution in [3.8, 4) is 18.5 Å². The Labute approximate surface area is 53.2 Å². The van der Waals surface area contributed by atoms with Crippen molar-refractivity contribution < 1.29 is 9.53 Å². The normalized spacial score (nSPS) is 4.78. The molecule has 0 aromatic heterocycles. The first-order chi connectivity index (χ1) is 4.22. The van der Waals surface area contributed by atoms with Crippen LogP contribution >= 0.6 is 0 Å². The van der Waals surface area contributed by atoms with Gasteiger partial charge >= 0.3 is 5.97 Å². The SMILES string of the molecule is C#CC(=O)OC.N#CN. The van der Waals surface area contributed by atoms with Crippen molar-refractivity contribution in [1.82, 2.24) is 0 Å². The predicted octanol–water partition coefficient (Wildman–Crippen LogP) is -0.781. The highest BCUT2D eigenvalue weighted by molar-refractivity contribution is 5.87. The molecule has 4 heteroatoms. The topological polar surface area (TPSA) is 76.1 Å². The molecule has 0 amide bonds. The van der Waals surface area contributed by atoms with Gasteiger partial charge in [-0.1, -0.05) is 0 Å². The van der Waals surface area contributed by atoms with Gasteiger partial charge < -0.3 is 10.5 Å². The lowest BCUT2D eigenvalue weighted by atomic mass is 10.7. The lowest BCUT2D eigenvalue weighted by Crippen LogP contribution is -1.92. The third-order valence-electron chi connectivity index (χ3n) is 0.303. The molecule has 2 N–H and O–H groups in total. The van der Waals surface area contributed by atoms with Crippen LogP contribution < -0.4 is 5.73 Å². The van der Waals surface area contributed by atoms with Crippen molar-refractivity contribution in [2.45, 2.75) is 0 Å². The molecule has 9 heavy (non-hydrogen) atoms. The van der Waals surface area contributed by atoms with Gasteiger partial charge in [-0.05, 0) is 0 Å². The van der Waals surface area contributed by atoms with E-state index in [1.54, 1.807) is 5.92 Å². The van der Waals surface area contributed by atoms with Gasteiger partial charge in [0.1, 0.15) is 0 Å². The fourth-order valence-corrected chi connectivity index (χ4v) is 0.0589. The molecular formula is C5H6N2O2. The first-order valence-electron chi connectivity index (χ1n) is 1.87. The molecule has 0 saturated carbocycles. The highest BCUT2D eigenvalue weighted by Crippen LogP contribution is 1.61. The molecule has 0 aliphatic heterocycles. The van der Waals surface area contributed by atoms with E-state index in [9.17, 15) is 4.79 Å². The van der Waals surface area contributed by atoms with Gasteiger partial charge in [-0.25, -0.2) is 4.79 Å². The minimum Gasteiger partial charge on any atom is -0.459 e. The molecule has 0 bridgehead atoms. The number of ether oxygens (including phenoxy) is 1. The van der Waals surface area contributed by atoms with Crippen LogP contribution in [-0.2, 0) is 9.53 Å². The Morgan fingerprint density at radius 3 is 2.22 bits per heavy atom. The number of nitriles is 1. The van der Waals surface area contributed by atoms with Gasteiger partial charge in [-0.3, -0.25) is 0 Å². The van der Waals surface area contributed by atoms with E-state index in [0.29, 0.717) is 0 Å². The third kappa shape index (κ3) is 21.9. The standard InChI is InChI=1S/C4H4O2.CH2N2/c1-3-4(5)6-2;2-1-3/h1H,2H3;2H2. The summed E-state index contributed by atoms with van der Waals surface area (Å²) in [6, 6.07) is 0. The molecule has 0 heterocycles. The van der Waals surface area contributed by atoms with Crippen LogP contribution in [-0.4, -0.2) is 13.1 Å². The van der Waals surface area contributed by atoms with E-state index in [-0.39, 0.29) is 0 Å². The second-order valence-corrected chi connectivity index (χ2v) is 0.765. The molecule has 0 radical (unpaired) electrons. The van der Waals surface area contributed by atoms with E-state index in [2.05, 4.69) is 16.9 Å². The summed E-state index contributed by atoms with van der Waals surface area (Å²) in [6.45, 7) is 0. The number of carbonyl (C=O) groups is 1. The first kappa shape index (κ1) is 10.3. The Hall–Kier alpha value is -1.68. The summed E-state index contributed by atoms with van der Waals surface area (Å²) in [6.07, 6.45) is 5.81. The van der Waals surface area contributed by atoms with Gasteiger partial charge in [0.2, 0.25) is 0 Å². The molecule has 0 aliphatic carbocycles. The van der Waals surface area contributed by atoms with Crippen molar-refractivity contribution >= 4 is 5.97 Å². The minimum absolute atomic E-state index is 0.630. The summed E-state index contributed by atoms with van der Waals surface area (Å²) >= 11 is 0. The molecule has 0 aromatic carbocycles. The van der Waals surface area contributed by atoms with Gasteiger partial charge in [0, 0.05) is 5.92 Å². The van der Waals surface area contributed by atoms with Crippen LogP contribution in [0.1, 0.15) is 0 Å². The first-order valence-corrected chi connectivity index (χ1v) is 1.87. The molecule has 0 spiro atoms. The molecule has 0 aliphatic rings. The Balaban J connectivity index is 0. The number of carbonyl (C=O) groups excluding carboxylic acids is 1. The summed E-state index contributed by atoms with van der Waals surface area (Å²) in [7, 11) is 1.24. The second kappa shape index (κ2) is 9.58. The minimum atomic E-state index is -0.630. The zero-order valence-corrected chi connectivity index (χ0v) is 4.92. The molecule has 4 nitrogen and oxygen atoms in total. The highest BCUT2D eigenvalue weighted by Gasteiger charge is 1.82. The number of nitrogens with zero attached hydrogens (tertiary/aromatic N) is 1. The maximum absolute atomic E-state index is 9.72. The number of terminal acetylenes is 1. The average molecular weight is 126 g/mol. The van der Waals surface area contributed by atoms with Gasteiger partial charge in [-0.2, -0.15) is 5.26 Å². The zero-order valence-electron chi connectivity index (χ0n) is 4.92. The van der Waals surface area contributed by atoms with Crippen molar-refractivity contribution in [2.75, 3.05) is 7.11 Å². The van der Waals surface area contributed by atoms with Crippen molar-refractivity contribution in [3.63, 3.8) is 0 Å². The summed E-state index contributed by atoms with van der Waals surface area (Å²) in [5.74, 6) is 1.12. The van der Waals surface area contributed by atoms with Crippen LogP contribution in [0.3, 0.4) is 0 Å². The van der Waals surface area contributed by atoms with Crippen molar-refractivity contribution in [2.24, 2.45) is 5.73 Å². The maximum Gasteiger partial charge on any atom is 0.383 e. The highest BCUT2D eigenvalue weighted by atomic mass is 16.5. The Bertz CT molecular complexity index is 151. The van der Waals surface area contributed by atoms with Crippen LogP contribution in [0.2, 0.25) is 0 Å². The fourth-order valence-electron chi connectivity index (χ4n) is 0.0589. The molecule has 0 fully saturated rings. The van der Waals surface area contributed by atoms with Crippen LogP contribution in [0.4, 0.5) is 0 Å². The molecule has 0 rings (SSSR count). The summed E-state index contributed by atoms with van der Waals surface area (Å²) in [5.41, 5.74) is 4.15. The van der Waals surface area contributed by atoms with Crippen molar-refractivity contribution in [3.05, 3.63) is 0 Å². The predicted molar refractivity (Wildman–Crippen MR) is 30.6 cm³/mol. The number of esters is 1. The summed E-state index contributed by atoms with van der Waals surface area (Å²) < 4.78 is 4.02. The van der Waals surface area contributed by atoms with Gasteiger partial charge in [0.15, 0.2) is 6.19 Å². The summed E-state index contributed by atoms with van der Waals surface area (Å²) in [5, 5.41) is 7.10. The van der Waals surface area contributed by atoms with Gasteiger partial charge in [0.25, 0.3) is 0 Å². The number of rotatable bonds is 0. The maximum atomic E-state index is 9.72. The number of methoxy groups -OCH3 is 1. The quantitative estimate of drug-likeness (QED) is 0.152. The van der Waals surface area contributed by atoms with Gasteiger partial charge in [-0.15, -0.1) is 6.42 Å². The number of hydrogen-bond acceptors (Lipinski definition) is 4. The molecule has 0 atom stereocenters. The molecular weight excluding hydrogens is 120 g/mol. The second-order valence-electron chi connectivity index (χ2n) is 0.765. The summed E-state index contributed by atoms with van der Waals surface area (Å²) in [4.78, 5) is 9.72. The van der Waals surface area contributed by atoms with Crippen LogP contribution in [0.5, 0.6) is 0 Å². The lowest BCUT2D eigenvalue weighted by molar-refractivity contribution is -0.133. The van der Waals surface area contributed by atoms with Crippen LogP contribution in [0.25, 0.3) is 0 Å². The van der Waals surface area contributed by atoms with E-state index >= 15 is 0 Å². The van der Waals surface area contributed by atoms with E-state index in [1.165, 1.54) is 13.3 Å². The molecule has 0 saturated heterocycles. The molecule has 0 aromatic rings. The monoisotopic (exact) mass is 126 g/mol. The van der Waals surface area contributed by atoms with Gasteiger partial charge in [0.05, 0.1) is 7.11 Å². The smallest absolute Gasteiger partial charge is 0.383 e. The number of hydrogen-bond donors (Lipinski definition) is 1. The number of nitrogens with two attached hydrogens (primary N) is 1. The largest absolute Gasteiger partial charge is 0.459 e. The van der Waals surface area contributed by atoms with E-state index in [0.717, 1.165) is 0 Å². The Morgan fingerprint density at radius 1 is 1.89 bits per heavy atom. The van der Waals surface area contributed by atoms with E-state index < -0.39 is 5.97 Å². The van der Waals surface area contributed by atoms with E-state index in [4.69, 9.17) is 5.26 Å². The Morgan fingerprint density at radius 2 is 2.22 bits per heavy atom. The Kier molecular flexibility index (Phi) is 11.0. The molecule has 48 valence electrons.